The fraction of sp³-hybridized carbons (Fsp3) is 0.333. The zero-order valence-electron chi connectivity index (χ0n) is 9.83. The van der Waals surface area contributed by atoms with E-state index in [0.717, 1.165) is 0 Å². The molecule has 1 aromatic carbocycles. The van der Waals surface area contributed by atoms with Crippen molar-refractivity contribution in [3.63, 3.8) is 0 Å². The fourth-order valence-electron chi connectivity index (χ4n) is 0.987. The molecule has 0 aromatic heterocycles. The van der Waals surface area contributed by atoms with E-state index in [-0.39, 0.29) is 31.0 Å². The second-order valence-corrected chi connectivity index (χ2v) is 2.83. The predicted octanol–water partition coefficient (Wildman–Crippen LogP) is -0.882. The molecule has 0 fully saturated rings. The quantitative estimate of drug-likeness (QED) is 0.533. The molecule has 0 aliphatic rings. The average molecular weight is 224 g/mol. The second kappa shape index (κ2) is 6.45. The summed E-state index contributed by atoms with van der Waals surface area (Å²) in [6.07, 6.45) is 0. The van der Waals surface area contributed by atoms with Gasteiger partial charge in [0.25, 0.3) is 0 Å². The summed E-state index contributed by atoms with van der Waals surface area (Å²) in [5.74, 6) is 1.96. The molecule has 0 spiro atoms. The van der Waals surface area contributed by atoms with Gasteiger partial charge in [-0.2, -0.15) is 0 Å². The summed E-state index contributed by atoms with van der Waals surface area (Å²) in [5.41, 5.74) is 0. The van der Waals surface area contributed by atoms with E-state index in [2.05, 4.69) is 12.6 Å². The number of methoxy groups -OCH3 is 3. The molecule has 3 nitrogen and oxygen atoms in total. The van der Waals surface area contributed by atoms with E-state index in [4.69, 9.17) is 14.2 Å². The van der Waals surface area contributed by atoms with Gasteiger partial charge in [0.05, 0.1) is 26.2 Å². The molecule has 0 aliphatic carbocycles. The van der Waals surface area contributed by atoms with Crippen LogP contribution in [0.2, 0.25) is 0 Å². The van der Waals surface area contributed by atoms with Crippen molar-refractivity contribution in [2.45, 2.75) is 4.90 Å². The maximum atomic E-state index is 5.09. The van der Waals surface area contributed by atoms with E-state index in [0.29, 0.717) is 22.1 Å². The molecule has 0 bridgehead atoms. The zero-order chi connectivity index (χ0) is 9.84. The van der Waals surface area contributed by atoms with E-state index in [1.807, 2.05) is 0 Å². The Morgan fingerprint density at radius 2 is 1.43 bits per heavy atom. The fourth-order valence-corrected chi connectivity index (χ4v) is 1.30. The number of hydrogen-bond acceptors (Lipinski definition) is 4. The molecular weight excluding hydrogens is 211 g/mol. The SMILES string of the molecule is COc1cc(OC)c(S)c(OC)c1.[H-].[Na+]. The number of benzene rings is 1. The average Bonchev–Trinajstić information content (AvgIpc) is 2.18. The summed E-state index contributed by atoms with van der Waals surface area (Å²) in [5, 5.41) is 0. The molecule has 5 heteroatoms. The molecule has 1 rings (SSSR count). The van der Waals surface area contributed by atoms with Gasteiger partial charge in [-0.25, -0.2) is 0 Å². The van der Waals surface area contributed by atoms with Gasteiger partial charge >= 0.3 is 29.6 Å². The van der Waals surface area contributed by atoms with E-state index in [1.165, 1.54) is 0 Å². The van der Waals surface area contributed by atoms with E-state index >= 15 is 0 Å². The van der Waals surface area contributed by atoms with Crippen LogP contribution < -0.4 is 43.8 Å². The van der Waals surface area contributed by atoms with Crippen molar-refractivity contribution >= 4 is 12.6 Å². The van der Waals surface area contributed by atoms with Gasteiger partial charge in [-0.1, -0.05) is 0 Å². The Morgan fingerprint density at radius 3 is 1.71 bits per heavy atom. The van der Waals surface area contributed by atoms with Crippen LogP contribution in [0.25, 0.3) is 0 Å². The van der Waals surface area contributed by atoms with Gasteiger partial charge in [0, 0.05) is 12.1 Å². The maximum Gasteiger partial charge on any atom is 1.00 e. The summed E-state index contributed by atoms with van der Waals surface area (Å²) in [4.78, 5) is 0.672. The Labute approximate surface area is 113 Å². The van der Waals surface area contributed by atoms with Gasteiger partial charge in [0.1, 0.15) is 17.2 Å². The van der Waals surface area contributed by atoms with Gasteiger partial charge in [-0.15, -0.1) is 12.6 Å². The van der Waals surface area contributed by atoms with Gasteiger partial charge in [-0.3, -0.25) is 0 Å². The number of hydrogen-bond donors (Lipinski definition) is 1. The molecule has 0 N–H and O–H groups in total. The first-order chi connectivity index (χ1) is 6.22. The van der Waals surface area contributed by atoms with Crippen molar-refractivity contribution in [2.24, 2.45) is 0 Å². The van der Waals surface area contributed by atoms with Crippen LogP contribution in [0.15, 0.2) is 17.0 Å². The maximum absolute atomic E-state index is 5.09. The zero-order valence-corrected chi connectivity index (χ0v) is 11.7. The third-order valence-corrected chi connectivity index (χ3v) is 2.13. The predicted molar refractivity (Wildman–Crippen MR) is 54.5 cm³/mol. The van der Waals surface area contributed by atoms with Crippen molar-refractivity contribution in [2.75, 3.05) is 21.3 Å². The van der Waals surface area contributed by atoms with E-state index in [9.17, 15) is 0 Å². The first-order valence-corrected chi connectivity index (χ1v) is 4.16. The van der Waals surface area contributed by atoms with Crippen LogP contribution in [-0.2, 0) is 0 Å². The van der Waals surface area contributed by atoms with Gasteiger partial charge < -0.3 is 15.6 Å². The first kappa shape index (κ1) is 14.0. The van der Waals surface area contributed by atoms with Crippen LogP contribution >= 0.6 is 12.6 Å². The van der Waals surface area contributed by atoms with Crippen molar-refractivity contribution in [3.8, 4) is 17.2 Å². The van der Waals surface area contributed by atoms with Crippen LogP contribution in [0.5, 0.6) is 17.2 Å². The Bertz CT molecular complexity index is 284. The Hall–Kier alpha value is -0.0300. The number of rotatable bonds is 3. The van der Waals surface area contributed by atoms with E-state index in [1.54, 1.807) is 33.5 Å². The third kappa shape index (κ3) is 2.98. The second-order valence-electron chi connectivity index (χ2n) is 2.38. The van der Waals surface area contributed by atoms with Gasteiger partial charge in [0.15, 0.2) is 0 Å². The number of thiol groups is 1. The summed E-state index contributed by atoms with van der Waals surface area (Å²) in [7, 11) is 4.74. The molecule has 0 heterocycles. The minimum absolute atomic E-state index is 0. The van der Waals surface area contributed by atoms with Crippen LogP contribution in [0.3, 0.4) is 0 Å². The van der Waals surface area contributed by atoms with Crippen molar-refractivity contribution in [1.82, 2.24) is 0 Å². The molecule has 0 saturated heterocycles. The Balaban J connectivity index is 0. The molecule has 74 valence electrons. The topological polar surface area (TPSA) is 27.7 Å². The van der Waals surface area contributed by atoms with Crippen LogP contribution in [0, 0.1) is 0 Å². The van der Waals surface area contributed by atoms with E-state index < -0.39 is 0 Å². The smallest absolute Gasteiger partial charge is 1.00 e. The largest absolute Gasteiger partial charge is 1.00 e. The summed E-state index contributed by atoms with van der Waals surface area (Å²) in [6, 6.07) is 3.51. The molecule has 0 aliphatic heterocycles. The summed E-state index contributed by atoms with van der Waals surface area (Å²) >= 11 is 4.25. The molecular formula is C9H13NaO3S. The van der Waals surface area contributed by atoms with Crippen LogP contribution in [0.1, 0.15) is 1.43 Å². The molecule has 0 unspecified atom stereocenters. The van der Waals surface area contributed by atoms with Crippen LogP contribution in [-0.4, -0.2) is 21.3 Å². The van der Waals surface area contributed by atoms with Crippen molar-refractivity contribution < 1.29 is 45.2 Å². The molecule has 14 heavy (non-hydrogen) atoms. The monoisotopic (exact) mass is 224 g/mol. The third-order valence-electron chi connectivity index (χ3n) is 1.69. The van der Waals surface area contributed by atoms with Gasteiger partial charge in [-0.05, 0) is 0 Å². The standard InChI is InChI=1S/C9H12O3S.Na.H/c1-10-6-4-7(11-2)9(13)8(5-6)12-3;;/h4-5,13H,1-3H3;;/q;+1;-1. The molecule has 0 amide bonds. The normalized spacial score (nSPS) is 8.86. The number of ether oxygens (including phenoxy) is 3. The Morgan fingerprint density at radius 1 is 1.00 bits per heavy atom. The molecule has 0 saturated carbocycles. The minimum Gasteiger partial charge on any atom is -1.00 e. The van der Waals surface area contributed by atoms with Gasteiger partial charge in [0.2, 0.25) is 0 Å². The molecule has 0 atom stereocenters. The molecule has 1 aromatic rings. The Kier molecular flexibility index (Phi) is 6.44. The van der Waals surface area contributed by atoms with Crippen molar-refractivity contribution in [1.29, 1.82) is 0 Å². The molecule has 0 radical (unpaired) electrons. The van der Waals surface area contributed by atoms with Crippen molar-refractivity contribution in [3.05, 3.63) is 12.1 Å². The van der Waals surface area contributed by atoms with Crippen LogP contribution in [0.4, 0.5) is 0 Å². The first-order valence-electron chi connectivity index (χ1n) is 3.72. The minimum atomic E-state index is 0. The summed E-state index contributed by atoms with van der Waals surface area (Å²) in [6.45, 7) is 0. The summed E-state index contributed by atoms with van der Waals surface area (Å²) < 4.78 is 15.2.